The fourth-order valence-corrected chi connectivity index (χ4v) is 2.96. The Morgan fingerprint density at radius 3 is 2.61 bits per heavy atom. The van der Waals surface area contributed by atoms with E-state index in [-0.39, 0.29) is 6.04 Å². The number of hydrogen-bond acceptors (Lipinski definition) is 2. The van der Waals surface area contributed by atoms with E-state index in [0.717, 1.165) is 29.7 Å². The van der Waals surface area contributed by atoms with Gasteiger partial charge in [-0.15, -0.1) is 0 Å². The van der Waals surface area contributed by atoms with Crippen LogP contribution in [0, 0.1) is 13.8 Å². The maximum atomic E-state index is 5.36. The molecule has 4 nitrogen and oxygen atoms in total. The lowest BCUT2D eigenvalue weighted by molar-refractivity contribution is 0.554. The normalized spacial score (nSPS) is 12.0. The Bertz CT molecular complexity index is 654. The predicted octanol–water partition coefficient (Wildman–Crippen LogP) is 3.88. The van der Waals surface area contributed by atoms with Crippen molar-refractivity contribution in [1.82, 2.24) is 20.4 Å². The molecule has 0 bridgehead atoms. The second-order valence-corrected chi connectivity index (χ2v) is 6.80. The quantitative estimate of drug-likeness (QED) is 0.576. The van der Waals surface area contributed by atoms with E-state index in [1.165, 1.54) is 11.3 Å². The first kappa shape index (κ1) is 17.9. The Hall–Kier alpha value is -1.40. The van der Waals surface area contributed by atoms with E-state index >= 15 is 0 Å². The number of aromatic nitrogens is 2. The lowest BCUT2D eigenvalue weighted by Gasteiger charge is -2.17. The Balaban J connectivity index is 1.72. The molecule has 0 aliphatic carbocycles. The van der Waals surface area contributed by atoms with Crippen LogP contribution in [-0.4, -0.2) is 21.4 Å². The summed E-state index contributed by atoms with van der Waals surface area (Å²) in [4.78, 5) is 0. The van der Waals surface area contributed by atoms with Crippen molar-refractivity contribution in [3.63, 3.8) is 0 Å². The minimum atomic E-state index is 0.197. The van der Waals surface area contributed by atoms with E-state index in [2.05, 4.69) is 57.6 Å². The Labute approximate surface area is 151 Å². The molecule has 0 saturated carbocycles. The first-order chi connectivity index (χ1) is 11.0. The molecule has 1 atom stereocenters. The van der Waals surface area contributed by atoms with Crippen molar-refractivity contribution in [2.24, 2.45) is 0 Å². The smallest absolute Gasteiger partial charge is 0.166 e. The number of aryl methyl sites for hydroxylation is 2. The molecule has 0 amide bonds. The number of benzene rings is 1. The van der Waals surface area contributed by atoms with Gasteiger partial charge in [-0.25, -0.2) is 0 Å². The maximum absolute atomic E-state index is 5.36. The molecular weight excluding hydrogens is 372 g/mol. The monoisotopic (exact) mass is 394 g/mol. The number of thiocarbonyl (C=S) groups is 1. The zero-order chi connectivity index (χ0) is 16.8. The van der Waals surface area contributed by atoms with Crippen molar-refractivity contribution >= 4 is 33.3 Å². The fourth-order valence-electron chi connectivity index (χ4n) is 2.40. The average Bonchev–Trinajstić information content (AvgIpc) is 2.79. The highest BCUT2D eigenvalue weighted by Gasteiger charge is 2.08. The van der Waals surface area contributed by atoms with Crippen molar-refractivity contribution in [2.45, 2.75) is 39.8 Å². The van der Waals surface area contributed by atoms with Crippen molar-refractivity contribution in [3.05, 3.63) is 51.8 Å². The van der Waals surface area contributed by atoms with Crippen LogP contribution in [-0.2, 0) is 6.54 Å². The van der Waals surface area contributed by atoms with Crippen LogP contribution in [0.1, 0.15) is 36.3 Å². The Morgan fingerprint density at radius 2 is 2.00 bits per heavy atom. The van der Waals surface area contributed by atoms with Crippen LogP contribution in [0.2, 0.25) is 0 Å². The van der Waals surface area contributed by atoms with Gasteiger partial charge in [0.05, 0.1) is 16.2 Å². The van der Waals surface area contributed by atoms with Crippen LogP contribution in [0.4, 0.5) is 0 Å². The van der Waals surface area contributed by atoms with Gasteiger partial charge in [0.25, 0.3) is 0 Å². The van der Waals surface area contributed by atoms with E-state index < -0.39 is 0 Å². The summed E-state index contributed by atoms with van der Waals surface area (Å²) in [6.07, 6.45) is 0.968. The van der Waals surface area contributed by atoms with Crippen LogP contribution in [0.15, 0.2) is 34.8 Å². The van der Waals surface area contributed by atoms with Gasteiger partial charge in [-0.3, -0.25) is 4.68 Å². The summed E-state index contributed by atoms with van der Waals surface area (Å²) in [6, 6.07) is 10.5. The molecule has 124 valence electrons. The molecule has 1 aromatic carbocycles. The molecule has 0 fully saturated rings. The predicted molar refractivity (Wildman–Crippen MR) is 103 cm³/mol. The molecule has 1 heterocycles. The van der Waals surface area contributed by atoms with Crippen LogP contribution in [0.5, 0.6) is 0 Å². The summed E-state index contributed by atoms with van der Waals surface area (Å²) in [6.45, 7) is 7.89. The third kappa shape index (κ3) is 5.04. The second kappa shape index (κ2) is 8.45. The number of nitrogens with one attached hydrogen (secondary N) is 2. The van der Waals surface area contributed by atoms with Crippen LogP contribution in [0.25, 0.3) is 0 Å². The molecule has 0 aliphatic heterocycles. The van der Waals surface area contributed by atoms with Gasteiger partial charge in [-0.2, -0.15) is 5.10 Å². The molecular formula is C17H23BrN4S. The summed E-state index contributed by atoms with van der Waals surface area (Å²) in [5.74, 6) is 0. The maximum Gasteiger partial charge on any atom is 0.166 e. The first-order valence-electron chi connectivity index (χ1n) is 7.78. The summed E-state index contributed by atoms with van der Waals surface area (Å²) in [5.41, 5.74) is 3.43. The van der Waals surface area contributed by atoms with Gasteiger partial charge in [0.1, 0.15) is 0 Å². The van der Waals surface area contributed by atoms with Crippen LogP contribution in [0.3, 0.4) is 0 Å². The van der Waals surface area contributed by atoms with E-state index in [0.29, 0.717) is 5.11 Å². The molecule has 0 spiro atoms. The zero-order valence-electron chi connectivity index (χ0n) is 13.8. The summed E-state index contributed by atoms with van der Waals surface area (Å²) < 4.78 is 3.13. The molecule has 1 aromatic heterocycles. The van der Waals surface area contributed by atoms with E-state index in [9.17, 15) is 0 Å². The SMILES string of the molecule is Cc1nn(CCCNC(=S)NC(C)c2ccccc2)c(C)c1Br. The highest BCUT2D eigenvalue weighted by atomic mass is 79.9. The number of rotatable bonds is 6. The van der Waals surface area contributed by atoms with Crippen LogP contribution >= 0.6 is 28.1 Å². The van der Waals surface area contributed by atoms with Gasteiger partial charge >= 0.3 is 0 Å². The van der Waals surface area contributed by atoms with Gasteiger partial charge in [0.2, 0.25) is 0 Å². The van der Waals surface area contributed by atoms with Crippen molar-refractivity contribution < 1.29 is 0 Å². The number of nitrogens with zero attached hydrogens (tertiary/aromatic N) is 2. The lowest BCUT2D eigenvalue weighted by atomic mass is 10.1. The van der Waals surface area contributed by atoms with Gasteiger partial charge in [-0.05, 0) is 60.9 Å². The van der Waals surface area contributed by atoms with Gasteiger partial charge < -0.3 is 10.6 Å². The lowest BCUT2D eigenvalue weighted by Crippen LogP contribution is -2.37. The summed E-state index contributed by atoms with van der Waals surface area (Å²) in [5, 5.41) is 11.8. The molecule has 2 rings (SSSR count). The second-order valence-electron chi connectivity index (χ2n) is 5.59. The largest absolute Gasteiger partial charge is 0.363 e. The summed E-state index contributed by atoms with van der Waals surface area (Å²) >= 11 is 8.91. The standard InChI is InChI=1S/C17H23BrN4S/c1-12(15-8-5-4-6-9-15)20-17(23)19-10-7-11-22-14(3)16(18)13(2)21-22/h4-6,8-9,12H,7,10-11H2,1-3H3,(H2,19,20,23). The van der Waals surface area contributed by atoms with Crippen molar-refractivity contribution in [3.8, 4) is 0 Å². The van der Waals surface area contributed by atoms with Crippen molar-refractivity contribution in [1.29, 1.82) is 0 Å². The van der Waals surface area contributed by atoms with Crippen molar-refractivity contribution in [2.75, 3.05) is 6.54 Å². The highest BCUT2D eigenvalue weighted by molar-refractivity contribution is 9.10. The third-order valence-electron chi connectivity index (χ3n) is 3.77. The molecule has 0 saturated heterocycles. The van der Waals surface area contributed by atoms with E-state index in [1.54, 1.807) is 0 Å². The molecule has 0 aliphatic rings. The number of halogens is 1. The minimum Gasteiger partial charge on any atom is -0.363 e. The first-order valence-corrected chi connectivity index (χ1v) is 8.98. The van der Waals surface area contributed by atoms with E-state index in [4.69, 9.17) is 12.2 Å². The Morgan fingerprint density at radius 1 is 1.30 bits per heavy atom. The van der Waals surface area contributed by atoms with Gasteiger partial charge in [0, 0.05) is 18.8 Å². The Kier molecular flexibility index (Phi) is 6.59. The average molecular weight is 395 g/mol. The molecule has 0 radical (unpaired) electrons. The minimum absolute atomic E-state index is 0.197. The zero-order valence-corrected chi connectivity index (χ0v) is 16.2. The van der Waals surface area contributed by atoms with Gasteiger partial charge in [0.15, 0.2) is 5.11 Å². The van der Waals surface area contributed by atoms with Gasteiger partial charge in [-0.1, -0.05) is 30.3 Å². The summed E-state index contributed by atoms with van der Waals surface area (Å²) in [7, 11) is 0. The van der Waals surface area contributed by atoms with Crippen LogP contribution < -0.4 is 10.6 Å². The number of hydrogen-bond donors (Lipinski definition) is 2. The highest BCUT2D eigenvalue weighted by Crippen LogP contribution is 2.19. The molecule has 23 heavy (non-hydrogen) atoms. The molecule has 1 unspecified atom stereocenters. The molecule has 6 heteroatoms. The molecule has 2 aromatic rings. The topological polar surface area (TPSA) is 41.9 Å². The van der Waals surface area contributed by atoms with E-state index in [1.807, 2.05) is 29.8 Å². The molecule has 2 N–H and O–H groups in total. The third-order valence-corrected chi connectivity index (χ3v) is 5.18. The fraction of sp³-hybridized carbons (Fsp3) is 0.412.